The van der Waals surface area contributed by atoms with Crippen molar-refractivity contribution in [1.29, 1.82) is 0 Å². The van der Waals surface area contributed by atoms with Crippen LogP contribution in [0.1, 0.15) is 11.3 Å². The molecule has 0 unspecified atom stereocenters. The second kappa shape index (κ2) is 5.88. The molecule has 0 aliphatic carbocycles. The van der Waals surface area contributed by atoms with Crippen LogP contribution >= 0.6 is 11.8 Å². The van der Waals surface area contributed by atoms with Crippen LogP contribution < -0.4 is 0 Å². The van der Waals surface area contributed by atoms with Crippen molar-refractivity contribution in [2.24, 2.45) is 0 Å². The molecule has 0 aliphatic rings. The summed E-state index contributed by atoms with van der Waals surface area (Å²) in [4.78, 5) is 14.9. The summed E-state index contributed by atoms with van der Waals surface area (Å²) in [5, 5.41) is 9.35. The van der Waals surface area contributed by atoms with Crippen LogP contribution in [0, 0.1) is 12.7 Å². The van der Waals surface area contributed by atoms with E-state index in [2.05, 4.69) is 4.98 Å². The molecule has 100 valence electrons. The number of rotatable bonds is 5. The van der Waals surface area contributed by atoms with Gasteiger partial charge < -0.3 is 9.67 Å². The van der Waals surface area contributed by atoms with E-state index < -0.39 is 5.97 Å². The number of thioether (sulfide) groups is 1. The van der Waals surface area contributed by atoms with Crippen molar-refractivity contribution in [2.75, 3.05) is 5.75 Å². The fourth-order valence-electron chi connectivity index (χ4n) is 1.67. The zero-order valence-electron chi connectivity index (χ0n) is 10.3. The SMILES string of the molecule is Cc1cn(Cc2ccc(F)cc2)c(SCC(=O)O)n1. The Balaban J connectivity index is 2.15. The van der Waals surface area contributed by atoms with Crippen molar-refractivity contribution in [2.45, 2.75) is 18.6 Å². The largest absolute Gasteiger partial charge is 0.481 e. The van der Waals surface area contributed by atoms with E-state index in [1.807, 2.05) is 17.7 Å². The standard InChI is InChI=1S/C13H13FN2O2S/c1-9-6-16(13(15-9)19-8-12(17)18)7-10-2-4-11(14)5-3-10/h2-6H,7-8H2,1H3,(H,17,18). The van der Waals surface area contributed by atoms with Gasteiger partial charge in [0.25, 0.3) is 0 Å². The van der Waals surface area contributed by atoms with E-state index in [0.29, 0.717) is 11.7 Å². The Morgan fingerprint density at radius 2 is 2.11 bits per heavy atom. The van der Waals surface area contributed by atoms with Crippen molar-refractivity contribution in [3.8, 4) is 0 Å². The summed E-state index contributed by atoms with van der Waals surface area (Å²) in [6.07, 6.45) is 1.85. The van der Waals surface area contributed by atoms with Gasteiger partial charge in [-0.25, -0.2) is 9.37 Å². The van der Waals surface area contributed by atoms with Gasteiger partial charge in [-0.1, -0.05) is 23.9 Å². The molecule has 0 spiro atoms. The van der Waals surface area contributed by atoms with Gasteiger partial charge in [0, 0.05) is 12.7 Å². The third-order valence-corrected chi connectivity index (χ3v) is 3.43. The van der Waals surface area contributed by atoms with E-state index in [9.17, 15) is 9.18 Å². The maximum absolute atomic E-state index is 12.8. The van der Waals surface area contributed by atoms with E-state index >= 15 is 0 Å². The normalized spacial score (nSPS) is 10.6. The lowest BCUT2D eigenvalue weighted by atomic mass is 10.2. The van der Waals surface area contributed by atoms with E-state index in [4.69, 9.17) is 5.11 Å². The molecule has 6 heteroatoms. The first-order valence-electron chi connectivity index (χ1n) is 5.67. The Kier molecular flexibility index (Phi) is 4.21. The Morgan fingerprint density at radius 1 is 1.42 bits per heavy atom. The van der Waals surface area contributed by atoms with Crippen molar-refractivity contribution >= 4 is 17.7 Å². The quantitative estimate of drug-likeness (QED) is 0.855. The summed E-state index contributed by atoms with van der Waals surface area (Å²) in [6, 6.07) is 6.22. The highest BCUT2D eigenvalue weighted by Crippen LogP contribution is 2.19. The number of hydrogen-bond acceptors (Lipinski definition) is 3. The number of carboxylic acids is 1. The molecule has 0 amide bonds. The first-order valence-corrected chi connectivity index (χ1v) is 6.66. The van der Waals surface area contributed by atoms with Crippen LogP contribution in [-0.2, 0) is 11.3 Å². The second-order valence-electron chi connectivity index (χ2n) is 4.10. The zero-order chi connectivity index (χ0) is 13.8. The van der Waals surface area contributed by atoms with Gasteiger partial charge in [-0.2, -0.15) is 0 Å². The van der Waals surface area contributed by atoms with Crippen LogP contribution in [0.2, 0.25) is 0 Å². The maximum atomic E-state index is 12.8. The van der Waals surface area contributed by atoms with E-state index in [-0.39, 0.29) is 11.6 Å². The molecule has 19 heavy (non-hydrogen) atoms. The number of nitrogens with zero attached hydrogens (tertiary/aromatic N) is 2. The highest BCUT2D eigenvalue weighted by molar-refractivity contribution is 7.99. The number of carbonyl (C=O) groups is 1. The van der Waals surface area contributed by atoms with Gasteiger partial charge in [0.2, 0.25) is 0 Å². The average Bonchev–Trinajstić information content (AvgIpc) is 2.70. The summed E-state index contributed by atoms with van der Waals surface area (Å²) in [7, 11) is 0. The van der Waals surface area contributed by atoms with E-state index in [1.165, 1.54) is 23.9 Å². The fraction of sp³-hybridized carbons (Fsp3) is 0.231. The molecule has 0 fully saturated rings. The van der Waals surface area contributed by atoms with Crippen molar-refractivity contribution in [3.63, 3.8) is 0 Å². The number of hydrogen-bond donors (Lipinski definition) is 1. The molecule has 1 aromatic carbocycles. The summed E-state index contributed by atoms with van der Waals surface area (Å²) >= 11 is 1.18. The Hall–Kier alpha value is -1.82. The monoisotopic (exact) mass is 280 g/mol. The number of carboxylic acid groups (broad SMARTS) is 1. The Morgan fingerprint density at radius 3 is 2.74 bits per heavy atom. The summed E-state index contributed by atoms with van der Waals surface area (Å²) in [5.74, 6) is -1.18. The van der Waals surface area contributed by atoms with E-state index in [0.717, 1.165) is 11.3 Å². The van der Waals surface area contributed by atoms with Crippen LogP contribution in [0.25, 0.3) is 0 Å². The van der Waals surface area contributed by atoms with E-state index in [1.54, 1.807) is 12.1 Å². The molecule has 0 aliphatic heterocycles. The van der Waals surface area contributed by atoms with Crippen LogP contribution in [-0.4, -0.2) is 26.4 Å². The number of aliphatic carboxylic acids is 1. The summed E-state index contributed by atoms with van der Waals surface area (Å²) < 4.78 is 14.7. The number of benzene rings is 1. The minimum Gasteiger partial charge on any atom is -0.481 e. The Labute approximate surface area is 114 Å². The minimum atomic E-state index is -0.876. The summed E-state index contributed by atoms with van der Waals surface area (Å²) in [6.45, 7) is 2.40. The molecule has 0 bridgehead atoms. The number of aromatic nitrogens is 2. The molecule has 4 nitrogen and oxygen atoms in total. The Bertz CT molecular complexity index is 581. The molecule has 0 radical (unpaired) electrons. The lowest BCUT2D eigenvalue weighted by Crippen LogP contribution is -2.03. The molecule has 1 heterocycles. The van der Waals surface area contributed by atoms with Gasteiger partial charge in [0.1, 0.15) is 5.82 Å². The first-order chi connectivity index (χ1) is 9.04. The molecular weight excluding hydrogens is 267 g/mol. The molecule has 2 rings (SSSR count). The van der Waals surface area contributed by atoms with Gasteiger partial charge in [-0.05, 0) is 24.6 Å². The topological polar surface area (TPSA) is 55.1 Å². The van der Waals surface area contributed by atoms with Crippen molar-refractivity contribution in [1.82, 2.24) is 9.55 Å². The van der Waals surface area contributed by atoms with Gasteiger partial charge >= 0.3 is 5.97 Å². The predicted molar refractivity (Wildman–Crippen MR) is 70.8 cm³/mol. The molecule has 1 N–H and O–H groups in total. The molecule has 2 aromatic rings. The smallest absolute Gasteiger partial charge is 0.313 e. The van der Waals surface area contributed by atoms with Gasteiger partial charge in [-0.15, -0.1) is 0 Å². The van der Waals surface area contributed by atoms with Gasteiger partial charge in [0.05, 0.1) is 11.4 Å². The third-order valence-electron chi connectivity index (χ3n) is 2.45. The minimum absolute atomic E-state index is 0.0279. The molecular formula is C13H13FN2O2S. The average molecular weight is 280 g/mol. The predicted octanol–water partition coefficient (Wildman–Crippen LogP) is 2.56. The first kappa shape index (κ1) is 13.6. The highest BCUT2D eigenvalue weighted by Gasteiger charge is 2.09. The van der Waals surface area contributed by atoms with Crippen LogP contribution in [0.3, 0.4) is 0 Å². The molecule has 0 atom stereocenters. The van der Waals surface area contributed by atoms with Crippen molar-refractivity contribution < 1.29 is 14.3 Å². The molecule has 0 saturated carbocycles. The second-order valence-corrected chi connectivity index (χ2v) is 5.04. The highest BCUT2D eigenvalue weighted by atomic mass is 32.2. The third kappa shape index (κ3) is 3.82. The lowest BCUT2D eigenvalue weighted by molar-refractivity contribution is -0.133. The summed E-state index contributed by atoms with van der Waals surface area (Å²) in [5.41, 5.74) is 1.77. The van der Waals surface area contributed by atoms with Crippen LogP contribution in [0.5, 0.6) is 0 Å². The van der Waals surface area contributed by atoms with Gasteiger partial charge in [0.15, 0.2) is 5.16 Å². The number of imidazole rings is 1. The van der Waals surface area contributed by atoms with Crippen LogP contribution in [0.15, 0.2) is 35.6 Å². The molecule has 1 aromatic heterocycles. The van der Waals surface area contributed by atoms with Crippen molar-refractivity contribution in [3.05, 3.63) is 47.5 Å². The molecule has 0 saturated heterocycles. The maximum Gasteiger partial charge on any atom is 0.313 e. The van der Waals surface area contributed by atoms with Crippen LogP contribution in [0.4, 0.5) is 4.39 Å². The number of halogens is 1. The zero-order valence-corrected chi connectivity index (χ0v) is 11.2. The fourth-order valence-corrected chi connectivity index (χ4v) is 2.41. The lowest BCUT2D eigenvalue weighted by Gasteiger charge is -2.06. The number of aryl methyl sites for hydroxylation is 1. The van der Waals surface area contributed by atoms with Gasteiger partial charge in [-0.3, -0.25) is 4.79 Å².